The summed E-state index contributed by atoms with van der Waals surface area (Å²) in [5.74, 6) is 1.04. The molecule has 0 saturated carbocycles. The van der Waals surface area contributed by atoms with E-state index in [-0.39, 0.29) is 11.3 Å². The summed E-state index contributed by atoms with van der Waals surface area (Å²) in [6.45, 7) is 2.64. The highest BCUT2D eigenvalue weighted by Gasteiger charge is 2.45. The molecule has 2 fully saturated rings. The number of amides is 1. The molecule has 4 nitrogen and oxygen atoms in total. The Morgan fingerprint density at radius 1 is 1.25 bits per heavy atom. The van der Waals surface area contributed by atoms with Gasteiger partial charge < -0.3 is 15.0 Å². The quantitative estimate of drug-likeness (QED) is 0.899. The summed E-state index contributed by atoms with van der Waals surface area (Å²) in [6, 6.07) is 7.80. The number of benzene rings is 1. The summed E-state index contributed by atoms with van der Waals surface area (Å²) >= 11 is 0. The standard InChI is InChI=1S/C16H22N2O2/c1-20-14-7-3-2-6-13(14)18-11-5-9-16(15(18)19)8-4-10-17-12-16/h2-3,6-7,17H,4-5,8-12H2,1H3. The molecule has 1 amide bonds. The van der Waals surface area contributed by atoms with Gasteiger partial charge in [-0.05, 0) is 44.4 Å². The number of nitrogens with one attached hydrogen (secondary N) is 1. The van der Waals surface area contributed by atoms with E-state index in [2.05, 4.69) is 5.32 Å². The third-order valence-electron chi connectivity index (χ3n) is 4.58. The molecule has 3 rings (SSSR count). The molecule has 0 aromatic heterocycles. The number of hydrogen-bond acceptors (Lipinski definition) is 3. The monoisotopic (exact) mass is 274 g/mol. The van der Waals surface area contributed by atoms with E-state index in [1.165, 1.54) is 0 Å². The largest absolute Gasteiger partial charge is 0.495 e. The van der Waals surface area contributed by atoms with Crippen molar-refractivity contribution in [3.63, 3.8) is 0 Å². The summed E-state index contributed by atoms with van der Waals surface area (Å²) in [5.41, 5.74) is 0.710. The second kappa shape index (κ2) is 5.44. The Bertz CT molecular complexity index is 489. The van der Waals surface area contributed by atoms with Crippen LogP contribution in [-0.2, 0) is 4.79 Å². The highest BCUT2D eigenvalue weighted by Crippen LogP contribution is 2.40. The second-order valence-corrected chi connectivity index (χ2v) is 5.79. The smallest absolute Gasteiger partial charge is 0.234 e. The third-order valence-corrected chi connectivity index (χ3v) is 4.58. The van der Waals surface area contributed by atoms with Crippen LogP contribution in [0.3, 0.4) is 0 Å². The fourth-order valence-corrected chi connectivity index (χ4v) is 3.52. The lowest BCUT2D eigenvalue weighted by Gasteiger charge is -2.44. The van der Waals surface area contributed by atoms with Crippen molar-refractivity contribution in [3.8, 4) is 5.75 Å². The molecule has 1 spiro atoms. The molecule has 1 aromatic rings. The van der Waals surface area contributed by atoms with Gasteiger partial charge in [0.15, 0.2) is 0 Å². The Morgan fingerprint density at radius 2 is 2.05 bits per heavy atom. The summed E-state index contributed by atoms with van der Waals surface area (Å²) in [6.07, 6.45) is 4.16. The lowest BCUT2D eigenvalue weighted by atomic mass is 9.73. The maximum atomic E-state index is 13.0. The van der Waals surface area contributed by atoms with E-state index < -0.39 is 0 Å². The Balaban J connectivity index is 1.91. The number of hydrogen-bond donors (Lipinski definition) is 1. The van der Waals surface area contributed by atoms with Gasteiger partial charge in [-0.2, -0.15) is 0 Å². The Hall–Kier alpha value is -1.55. The molecule has 2 aliphatic rings. The van der Waals surface area contributed by atoms with Crippen molar-refractivity contribution in [1.29, 1.82) is 0 Å². The van der Waals surface area contributed by atoms with Gasteiger partial charge in [0.05, 0.1) is 18.2 Å². The van der Waals surface area contributed by atoms with Crippen molar-refractivity contribution in [2.45, 2.75) is 25.7 Å². The molecule has 0 aliphatic carbocycles. The number of anilines is 1. The number of nitrogens with zero attached hydrogens (tertiary/aromatic N) is 1. The molecule has 1 N–H and O–H groups in total. The van der Waals surface area contributed by atoms with Crippen LogP contribution in [0, 0.1) is 5.41 Å². The Morgan fingerprint density at radius 3 is 2.80 bits per heavy atom. The highest BCUT2D eigenvalue weighted by molar-refractivity contribution is 5.99. The maximum absolute atomic E-state index is 13.0. The normalized spacial score (nSPS) is 26.9. The van der Waals surface area contributed by atoms with Crippen molar-refractivity contribution < 1.29 is 9.53 Å². The number of ether oxygens (including phenoxy) is 1. The fraction of sp³-hybridized carbons (Fsp3) is 0.562. The average molecular weight is 274 g/mol. The van der Waals surface area contributed by atoms with Gasteiger partial charge in [0.2, 0.25) is 5.91 Å². The summed E-state index contributed by atoms with van der Waals surface area (Å²) in [4.78, 5) is 14.9. The molecule has 0 bridgehead atoms. The van der Waals surface area contributed by atoms with Crippen molar-refractivity contribution in [2.24, 2.45) is 5.41 Å². The van der Waals surface area contributed by atoms with Gasteiger partial charge >= 0.3 is 0 Å². The van der Waals surface area contributed by atoms with Crippen LogP contribution in [0.5, 0.6) is 5.75 Å². The van der Waals surface area contributed by atoms with Crippen molar-refractivity contribution >= 4 is 11.6 Å². The minimum atomic E-state index is -0.197. The third kappa shape index (κ3) is 2.18. The summed E-state index contributed by atoms with van der Waals surface area (Å²) in [5, 5.41) is 3.40. The fourth-order valence-electron chi connectivity index (χ4n) is 3.52. The van der Waals surface area contributed by atoms with Gasteiger partial charge in [0, 0.05) is 13.1 Å². The minimum Gasteiger partial charge on any atom is -0.495 e. The molecule has 2 saturated heterocycles. The number of piperidine rings is 2. The summed E-state index contributed by atoms with van der Waals surface area (Å²) in [7, 11) is 1.66. The lowest BCUT2D eigenvalue weighted by molar-refractivity contribution is -0.131. The SMILES string of the molecule is COc1ccccc1N1CCCC2(CCCNC2)C1=O. The minimum absolute atomic E-state index is 0.197. The van der Waals surface area contributed by atoms with Gasteiger partial charge in [-0.25, -0.2) is 0 Å². The Kier molecular flexibility index (Phi) is 3.66. The molecular weight excluding hydrogens is 252 g/mol. The van der Waals surface area contributed by atoms with Crippen LogP contribution in [0.15, 0.2) is 24.3 Å². The van der Waals surface area contributed by atoms with Crippen LogP contribution < -0.4 is 15.0 Å². The molecule has 0 radical (unpaired) electrons. The molecular formula is C16H22N2O2. The van der Waals surface area contributed by atoms with Crippen LogP contribution >= 0.6 is 0 Å². The van der Waals surface area contributed by atoms with Crippen LogP contribution in [0.1, 0.15) is 25.7 Å². The molecule has 1 unspecified atom stereocenters. The topological polar surface area (TPSA) is 41.6 Å². The predicted octanol–water partition coefficient (Wildman–Crippen LogP) is 2.19. The zero-order valence-corrected chi connectivity index (χ0v) is 12.0. The first-order valence-corrected chi connectivity index (χ1v) is 7.43. The number of carbonyl (C=O) groups excluding carboxylic acids is 1. The van der Waals surface area contributed by atoms with Gasteiger partial charge in [-0.3, -0.25) is 4.79 Å². The molecule has 4 heteroatoms. The second-order valence-electron chi connectivity index (χ2n) is 5.79. The molecule has 1 atom stereocenters. The number of carbonyl (C=O) groups is 1. The van der Waals surface area contributed by atoms with E-state index in [1.807, 2.05) is 29.2 Å². The van der Waals surface area contributed by atoms with E-state index in [4.69, 9.17) is 4.74 Å². The van der Waals surface area contributed by atoms with Crippen molar-refractivity contribution in [3.05, 3.63) is 24.3 Å². The predicted molar refractivity (Wildman–Crippen MR) is 79.1 cm³/mol. The molecule has 1 aromatic carbocycles. The van der Waals surface area contributed by atoms with Crippen LogP contribution in [0.4, 0.5) is 5.69 Å². The molecule has 2 heterocycles. The van der Waals surface area contributed by atoms with Crippen LogP contribution in [0.25, 0.3) is 0 Å². The highest BCUT2D eigenvalue weighted by atomic mass is 16.5. The molecule has 108 valence electrons. The van der Waals surface area contributed by atoms with E-state index in [9.17, 15) is 4.79 Å². The zero-order valence-electron chi connectivity index (χ0n) is 12.0. The molecule has 2 aliphatic heterocycles. The van der Waals surface area contributed by atoms with Gasteiger partial charge in [-0.1, -0.05) is 12.1 Å². The summed E-state index contributed by atoms with van der Waals surface area (Å²) < 4.78 is 5.41. The number of methoxy groups -OCH3 is 1. The Labute approximate surface area is 120 Å². The van der Waals surface area contributed by atoms with Gasteiger partial charge in [-0.15, -0.1) is 0 Å². The van der Waals surface area contributed by atoms with Crippen molar-refractivity contribution in [2.75, 3.05) is 31.6 Å². The van der Waals surface area contributed by atoms with Crippen LogP contribution in [-0.4, -0.2) is 32.7 Å². The molecule has 20 heavy (non-hydrogen) atoms. The zero-order chi connectivity index (χ0) is 14.0. The first-order valence-electron chi connectivity index (χ1n) is 7.43. The maximum Gasteiger partial charge on any atom is 0.234 e. The first kappa shape index (κ1) is 13.4. The van der Waals surface area contributed by atoms with Crippen molar-refractivity contribution in [1.82, 2.24) is 5.32 Å². The van der Waals surface area contributed by atoms with E-state index >= 15 is 0 Å². The average Bonchev–Trinajstić information content (AvgIpc) is 2.51. The van der Waals surface area contributed by atoms with Crippen LogP contribution in [0.2, 0.25) is 0 Å². The number of para-hydroxylation sites is 2. The lowest BCUT2D eigenvalue weighted by Crippen LogP contribution is -2.55. The van der Waals surface area contributed by atoms with E-state index in [0.717, 1.165) is 56.8 Å². The first-order chi connectivity index (χ1) is 9.77. The van der Waals surface area contributed by atoms with E-state index in [0.29, 0.717) is 0 Å². The van der Waals surface area contributed by atoms with Gasteiger partial charge in [0.25, 0.3) is 0 Å². The van der Waals surface area contributed by atoms with E-state index in [1.54, 1.807) is 7.11 Å². The number of rotatable bonds is 2. The van der Waals surface area contributed by atoms with Gasteiger partial charge in [0.1, 0.15) is 5.75 Å².